The van der Waals surface area contributed by atoms with Gasteiger partial charge in [-0.3, -0.25) is 0 Å². The van der Waals surface area contributed by atoms with Crippen molar-refractivity contribution in [2.75, 3.05) is 0 Å². The highest BCUT2D eigenvalue weighted by Crippen LogP contribution is 2.45. The van der Waals surface area contributed by atoms with Gasteiger partial charge >= 0.3 is 0 Å². The minimum Gasteiger partial charge on any atom is -0.455 e. The molecule has 0 amide bonds. The van der Waals surface area contributed by atoms with Gasteiger partial charge in [-0.2, -0.15) is 0 Å². The number of benzene rings is 18. The lowest BCUT2D eigenvalue weighted by Crippen LogP contribution is -1.88. The predicted octanol–water partition coefficient (Wildman–Crippen LogP) is 27.7. The lowest BCUT2D eigenvalue weighted by atomic mass is 9.88. The molecule has 99 heavy (non-hydrogen) atoms. The lowest BCUT2D eigenvalue weighted by molar-refractivity contribution is 0.669. The molecule has 0 unspecified atom stereocenters. The minimum atomic E-state index is 0.925. The van der Waals surface area contributed by atoms with Crippen LogP contribution in [0.1, 0.15) is 0 Å². The van der Waals surface area contributed by atoms with Crippen LogP contribution in [0.5, 0.6) is 0 Å². The SMILES string of the molecule is c1cc(-c2cc3ccccc3c3ccccc23)cc(-c2cccc3c2oc2ccccc23)c1.c1ccc(-c2cccc3c2oc2ccccc23)c(-c2cc3ccccc3c3ccccc23)c1.c1ccc2c(c1)cc(-c1ccc(-c3cccc4c3oc3ccccc34)cc1)c1ccccc12. The van der Waals surface area contributed by atoms with Crippen molar-refractivity contribution in [2.24, 2.45) is 0 Å². The van der Waals surface area contributed by atoms with Gasteiger partial charge in [-0.15, -0.1) is 0 Å². The van der Waals surface area contributed by atoms with Crippen molar-refractivity contribution in [2.45, 2.75) is 0 Å². The molecule has 21 aromatic rings. The second kappa shape index (κ2) is 24.0. The molecule has 3 heterocycles. The summed E-state index contributed by atoms with van der Waals surface area (Å²) in [6, 6.07) is 129. The molecule has 0 saturated heterocycles. The lowest BCUT2D eigenvalue weighted by Gasteiger charge is -2.15. The Morgan fingerprint density at radius 3 is 0.838 bits per heavy atom. The topological polar surface area (TPSA) is 39.4 Å². The molecule has 0 aliphatic rings. The number of fused-ring (bicyclic) bond motifs is 18. The summed E-state index contributed by atoms with van der Waals surface area (Å²) in [7, 11) is 0. The van der Waals surface area contributed by atoms with Gasteiger partial charge in [-0.25, -0.2) is 0 Å². The molecule has 0 atom stereocenters. The van der Waals surface area contributed by atoms with E-state index in [-0.39, 0.29) is 0 Å². The van der Waals surface area contributed by atoms with E-state index in [0.717, 1.165) is 93.6 Å². The summed E-state index contributed by atoms with van der Waals surface area (Å²) in [6.45, 7) is 0. The molecular weight excluding hydrogens is 1200 g/mol. The zero-order chi connectivity index (χ0) is 65.3. The zero-order valence-electron chi connectivity index (χ0n) is 53.9. The molecule has 3 heteroatoms. The Kier molecular flexibility index (Phi) is 13.9. The van der Waals surface area contributed by atoms with Crippen molar-refractivity contribution in [3.8, 4) is 66.8 Å². The Morgan fingerprint density at radius 1 is 0.131 bits per heavy atom. The number of rotatable bonds is 6. The summed E-state index contributed by atoms with van der Waals surface area (Å²) >= 11 is 0. The summed E-state index contributed by atoms with van der Waals surface area (Å²) in [4.78, 5) is 0. The van der Waals surface area contributed by atoms with Gasteiger partial charge in [0.1, 0.15) is 33.5 Å². The average molecular weight is 1260 g/mol. The van der Waals surface area contributed by atoms with Crippen molar-refractivity contribution >= 4 is 130 Å². The van der Waals surface area contributed by atoms with Gasteiger partial charge in [0.05, 0.1) is 0 Å². The molecule has 462 valence electrons. The van der Waals surface area contributed by atoms with Gasteiger partial charge in [0.15, 0.2) is 0 Å². The van der Waals surface area contributed by atoms with Crippen LogP contribution in [0.15, 0.2) is 377 Å². The molecular formula is C96H60O3. The highest BCUT2D eigenvalue weighted by atomic mass is 16.3. The molecule has 3 nitrogen and oxygen atoms in total. The number of furan rings is 3. The third kappa shape index (κ3) is 9.89. The normalized spacial score (nSPS) is 11.6. The van der Waals surface area contributed by atoms with Crippen LogP contribution in [-0.2, 0) is 0 Å². The Morgan fingerprint density at radius 2 is 0.394 bits per heavy atom. The van der Waals surface area contributed by atoms with Crippen LogP contribution in [0, 0.1) is 0 Å². The standard InChI is InChI=1S/3C32H20O/c1-2-11-22-21(10-1)20-30(25-14-5-3-12-23(22)25)26-15-6-4-13-24(26)28-17-9-18-29-27-16-7-8-19-31(27)33-32(28)29;1-2-12-24-23(9-1)20-30(27-14-4-3-13-26(24)27)22-11-7-10-21(19-22)25-16-8-17-29-28-15-5-6-18-31(28)33-32(25)29;1-2-9-24-23(8-1)20-30(27-11-4-3-10-26(24)27)22-18-16-21(17-19-22)25-13-7-14-29-28-12-5-6-15-31(28)33-32(25)29/h3*1-20H. The van der Waals surface area contributed by atoms with Crippen LogP contribution in [0.25, 0.3) is 197 Å². The van der Waals surface area contributed by atoms with Crippen LogP contribution >= 0.6 is 0 Å². The molecule has 0 aliphatic heterocycles. The van der Waals surface area contributed by atoms with Crippen LogP contribution in [0.3, 0.4) is 0 Å². The Balaban J connectivity index is 0.000000104. The van der Waals surface area contributed by atoms with Crippen LogP contribution in [-0.4, -0.2) is 0 Å². The second-order valence-electron chi connectivity index (χ2n) is 25.6. The maximum absolute atomic E-state index is 6.39. The molecule has 0 fully saturated rings. The zero-order valence-corrected chi connectivity index (χ0v) is 53.9. The summed E-state index contributed by atoms with van der Waals surface area (Å²) in [6.07, 6.45) is 0. The van der Waals surface area contributed by atoms with Gasteiger partial charge in [-0.05, 0) is 157 Å². The molecule has 0 N–H and O–H groups in total. The van der Waals surface area contributed by atoms with E-state index < -0.39 is 0 Å². The van der Waals surface area contributed by atoms with Crippen LogP contribution < -0.4 is 0 Å². The first-order valence-electron chi connectivity index (χ1n) is 33.9. The first kappa shape index (κ1) is 57.4. The quantitative estimate of drug-likeness (QED) is 0.156. The highest BCUT2D eigenvalue weighted by molar-refractivity contribution is 6.19. The second-order valence-corrected chi connectivity index (χ2v) is 25.6. The van der Waals surface area contributed by atoms with Crippen molar-refractivity contribution in [3.05, 3.63) is 364 Å². The van der Waals surface area contributed by atoms with Gasteiger partial charge in [0.2, 0.25) is 0 Å². The van der Waals surface area contributed by atoms with Crippen molar-refractivity contribution in [1.29, 1.82) is 0 Å². The Labute approximate surface area is 570 Å². The van der Waals surface area contributed by atoms with Crippen molar-refractivity contribution < 1.29 is 13.3 Å². The Hall–Kier alpha value is -13.1. The third-order valence-electron chi connectivity index (χ3n) is 20.0. The van der Waals surface area contributed by atoms with E-state index in [4.69, 9.17) is 13.3 Å². The van der Waals surface area contributed by atoms with Crippen LogP contribution in [0.4, 0.5) is 0 Å². The largest absolute Gasteiger partial charge is 0.455 e. The number of hydrogen-bond acceptors (Lipinski definition) is 3. The van der Waals surface area contributed by atoms with E-state index in [1.807, 2.05) is 36.4 Å². The fraction of sp³-hybridized carbons (Fsp3) is 0. The molecule has 0 spiro atoms. The van der Waals surface area contributed by atoms with E-state index in [9.17, 15) is 0 Å². The van der Waals surface area contributed by atoms with E-state index in [1.54, 1.807) is 0 Å². The molecule has 0 radical (unpaired) electrons. The summed E-state index contributed by atoms with van der Waals surface area (Å²) in [5.41, 5.74) is 19.9. The molecule has 0 aliphatic carbocycles. The van der Waals surface area contributed by atoms with Gasteiger partial charge < -0.3 is 13.3 Å². The van der Waals surface area contributed by atoms with E-state index in [2.05, 4.69) is 328 Å². The first-order chi connectivity index (χ1) is 49.1. The first-order valence-corrected chi connectivity index (χ1v) is 33.9. The van der Waals surface area contributed by atoms with Gasteiger partial charge in [-0.1, -0.05) is 322 Å². The smallest absolute Gasteiger partial charge is 0.143 e. The van der Waals surface area contributed by atoms with Gasteiger partial charge in [0.25, 0.3) is 0 Å². The fourth-order valence-corrected chi connectivity index (χ4v) is 15.4. The minimum absolute atomic E-state index is 0.925. The third-order valence-corrected chi connectivity index (χ3v) is 20.0. The number of para-hydroxylation sites is 6. The van der Waals surface area contributed by atoms with Crippen molar-refractivity contribution in [1.82, 2.24) is 0 Å². The number of hydrogen-bond donors (Lipinski definition) is 0. The van der Waals surface area contributed by atoms with Crippen LogP contribution in [0.2, 0.25) is 0 Å². The van der Waals surface area contributed by atoms with Crippen molar-refractivity contribution in [3.63, 3.8) is 0 Å². The molecule has 0 bridgehead atoms. The molecule has 0 saturated carbocycles. The molecule has 21 rings (SSSR count). The Bertz CT molecular complexity index is 6740. The molecule has 18 aromatic carbocycles. The molecule has 3 aromatic heterocycles. The predicted molar refractivity (Wildman–Crippen MR) is 419 cm³/mol. The highest BCUT2D eigenvalue weighted by Gasteiger charge is 2.20. The fourth-order valence-electron chi connectivity index (χ4n) is 15.4. The van der Waals surface area contributed by atoms with Gasteiger partial charge in [0, 0.05) is 49.0 Å². The summed E-state index contributed by atoms with van der Waals surface area (Å²) in [5.74, 6) is 0. The van der Waals surface area contributed by atoms with E-state index in [1.165, 1.54) is 104 Å². The summed E-state index contributed by atoms with van der Waals surface area (Å²) in [5, 5.41) is 22.3. The maximum Gasteiger partial charge on any atom is 0.143 e. The summed E-state index contributed by atoms with van der Waals surface area (Å²) < 4.78 is 19.0. The maximum atomic E-state index is 6.39. The monoisotopic (exact) mass is 1260 g/mol. The van der Waals surface area contributed by atoms with E-state index in [0.29, 0.717) is 0 Å². The average Bonchev–Trinajstić information content (AvgIpc) is 1.63. The van der Waals surface area contributed by atoms with E-state index >= 15 is 0 Å².